The van der Waals surface area contributed by atoms with Crippen LogP contribution in [0.25, 0.3) is 11.1 Å². The first-order valence-corrected chi connectivity index (χ1v) is 5.79. The molecule has 1 aromatic heterocycles. The second-order valence-electron chi connectivity index (χ2n) is 3.70. The first kappa shape index (κ1) is 13.4. The number of aromatic nitrogens is 2. The maximum atomic E-state index is 6.36. The molecule has 0 aliphatic carbocycles. The van der Waals surface area contributed by atoms with Crippen molar-refractivity contribution >= 4 is 17.4 Å². The summed E-state index contributed by atoms with van der Waals surface area (Å²) in [6.45, 7) is 0. The number of hydrogen-bond acceptors (Lipinski definition) is 5. The Morgan fingerprint density at radius 3 is 2.32 bits per heavy atom. The van der Waals surface area contributed by atoms with Gasteiger partial charge in [0, 0.05) is 11.6 Å². The van der Waals surface area contributed by atoms with Gasteiger partial charge in [-0.3, -0.25) is 5.10 Å². The van der Waals surface area contributed by atoms with E-state index in [9.17, 15) is 0 Å². The number of methoxy groups -OCH3 is 3. The lowest BCUT2D eigenvalue weighted by Gasteiger charge is -2.16. The number of benzene rings is 1. The number of rotatable bonds is 4. The van der Waals surface area contributed by atoms with E-state index in [0.29, 0.717) is 39.2 Å². The van der Waals surface area contributed by atoms with E-state index in [1.165, 1.54) is 21.3 Å². The number of anilines is 1. The molecule has 0 bridgehead atoms. The molecule has 0 saturated carbocycles. The fourth-order valence-electron chi connectivity index (χ4n) is 1.84. The molecule has 7 heteroatoms. The highest BCUT2D eigenvalue weighted by Crippen LogP contribution is 2.48. The van der Waals surface area contributed by atoms with Crippen LogP contribution in [0.1, 0.15) is 0 Å². The first-order chi connectivity index (χ1) is 9.13. The Morgan fingerprint density at radius 1 is 1.16 bits per heavy atom. The minimum atomic E-state index is 0.354. The molecular formula is C12H14ClN3O3. The third kappa shape index (κ3) is 2.15. The van der Waals surface area contributed by atoms with Gasteiger partial charge in [0.15, 0.2) is 11.5 Å². The number of hydrogen-bond donors (Lipinski definition) is 2. The number of halogens is 1. The molecule has 0 radical (unpaired) electrons. The Hall–Kier alpha value is -2.08. The van der Waals surface area contributed by atoms with Crippen LogP contribution in [0.3, 0.4) is 0 Å². The van der Waals surface area contributed by atoms with Crippen molar-refractivity contribution < 1.29 is 14.2 Å². The Balaban J connectivity index is 2.76. The molecule has 0 aliphatic heterocycles. The highest BCUT2D eigenvalue weighted by molar-refractivity contribution is 6.35. The zero-order valence-corrected chi connectivity index (χ0v) is 11.5. The minimum Gasteiger partial charge on any atom is -0.496 e. The van der Waals surface area contributed by atoms with E-state index in [1.54, 1.807) is 12.3 Å². The topological polar surface area (TPSA) is 82.4 Å². The summed E-state index contributed by atoms with van der Waals surface area (Å²) in [5.41, 5.74) is 7.07. The van der Waals surface area contributed by atoms with Crippen molar-refractivity contribution in [3.63, 3.8) is 0 Å². The molecule has 0 aliphatic rings. The summed E-state index contributed by atoms with van der Waals surface area (Å²) < 4.78 is 15.8. The Labute approximate surface area is 115 Å². The summed E-state index contributed by atoms with van der Waals surface area (Å²) in [7, 11) is 4.58. The number of nitrogens with one attached hydrogen (secondary N) is 1. The summed E-state index contributed by atoms with van der Waals surface area (Å²) in [6.07, 6.45) is 1.57. The predicted octanol–water partition coefficient (Wildman–Crippen LogP) is 2.34. The second-order valence-corrected chi connectivity index (χ2v) is 4.08. The standard InChI is InChI=1S/C12H14ClN3O3/c1-17-7-4-8(18-2)11(19-3)10(13)9(7)6-5-15-16-12(6)14/h4-5H,1-3H3,(H3,14,15,16). The predicted molar refractivity (Wildman–Crippen MR) is 73.1 cm³/mol. The smallest absolute Gasteiger partial charge is 0.180 e. The number of nitrogen functional groups attached to an aromatic ring is 1. The Morgan fingerprint density at radius 2 is 1.84 bits per heavy atom. The van der Waals surface area contributed by atoms with Crippen LogP contribution in [0.15, 0.2) is 12.3 Å². The van der Waals surface area contributed by atoms with Gasteiger partial charge in [-0.05, 0) is 0 Å². The normalized spacial score (nSPS) is 10.3. The third-order valence-corrected chi connectivity index (χ3v) is 3.09. The van der Waals surface area contributed by atoms with Crippen LogP contribution >= 0.6 is 11.6 Å². The van der Waals surface area contributed by atoms with Crippen molar-refractivity contribution in [3.05, 3.63) is 17.3 Å². The molecule has 0 unspecified atom stereocenters. The van der Waals surface area contributed by atoms with Crippen molar-refractivity contribution in [1.29, 1.82) is 0 Å². The van der Waals surface area contributed by atoms with Gasteiger partial charge >= 0.3 is 0 Å². The number of aromatic amines is 1. The highest BCUT2D eigenvalue weighted by atomic mass is 35.5. The molecule has 2 aromatic rings. The van der Waals surface area contributed by atoms with Gasteiger partial charge in [-0.25, -0.2) is 0 Å². The molecule has 2 rings (SSSR count). The van der Waals surface area contributed by atoms with E-state index in [2.05, 4.69) is 10.2 Å². The molecule has 0 saturated heterocycles. The molecule has 0 atom stereocenters. The maximum absolute atomic E-state index is 6.36. The van der Waals surface area contributed by atoms with Crippen LogP contribution in [0.4, 0.5) is 5.82 Å². The van der Waals surface area contributed by atoms with E-state index < -0.39 is 0 Å². The van der Waals surface area contributed by atoms with E-state index in [4.69, 9.17) is 31.5 Å². The van der Waals surface area contributed by atoms with E-state index in [0.717, 1.165) is 0 Å². The monoisotopic (exact) mass is 283 g/mol. The van der Waals surface area contributed by atoms with Crippen molar-refractivity contribution in [2.24, 2.45) is 0 Å². The molecule has 19 heavy (non-hydrogen) atoms. The number of nitrogens with zero attached hydrogens (tertiary/aromatic N) is 1. The Bertz CT molecular complexity index is 598. The number of H-pyrrole nitrogens is 1. The average molecular weight is 284 g/mol. The maximum Gasteiger partial charge on any atom is 0.180 e. The lowest BCUT2D eigenvalue weighted by Crippen LogP contribution is -1.97. The number of ether oxygens (including phenoxy) is 3. The van der Waals surface area contributed by atoms with Crippen LogP contribution in [-0.4, -0.2) is 31.5 Å². The van der Waals surface area contributed by atoms with E-state index in [1.807, 2.05) is 0 Å². The molecule has 1 heterocycles. The van der Waals surface area contributed by atoms with Gasteiger partial charge in [0.1, 0.15) is 11.6 Å². The lowest BCUT2D eigenvalue weighted by molar-refractivity contribution is 0.349. The van der Waals surface area contributed by atoms with Crippen LogP contribution in [0, 0.1) is 0 Å². The van der Waals surface area contributed by atoms with Gasteiger partial charge < -0.3 is 19.9 Å². The van der Waals surface area contributed by atoms with Gasteiger partial charge in [-0.2, -0.15) is 5.10 Å². The van der Waals surface area contributed by atoms with E-state index in [-0.39, 0.29) is 0 Å². The molecule has 0 amide bonds. The third-order valence-electron chi connectivity index (χ3n) is 2.73. The van der Waals surface area contributed by atoms with Crippen molar-refractivity contribution in [2.75, 3.05) is 27.1 Å². The first-order valence-electron chi connectivity index (χ1n) is 5.41. The summed E-state index contributed by atoms with van der Waals surface area (Å²) >= 11 is 6.36. The molecular weight excluding hydrogens is 270 g/mol. The second kappa shape index (κ2) is 5.27. The lowest BCUT2D eigenvalue weighted by atomic mass is 10.1. The van der Waals surface area contributed by atoms with Gasteiger partial charge in [-0.15, -0.1) is 0 Å². The average Bonchev–Trinajstić information content (AvgIpc) is 2.83. The van der Waals surface area contributed by atoms with Crippen molar-refractivity contribution in [2.45, 2.75) is 0 Å². The quantitative estimate of drug-likeness (QED) is 0.900. The van der Waals surface area contributed by atoms with Crippen LogP contribution in [-0.2, 0) is 0 Å². The molecule has 6 nitrogen and oxygen atoms in total. The number of nitrogens with two attached hydrogens (primary N) is 1. The molecule has 102 valence electrons. The van der Waals surface area contributed by atoms with Gasteiger partial charge in [0.2, 0.25) is 0 Å². The van der Waals surface area contributed by atoms with Crippen LogP contribution in [0.5, 0.6) is 17.2 Å². The van der Waals surface area contributed by atoms with Crippen molar-refractivity contribution in [3.8, 4) is 28.4 Å². The molecule has 1 aromatic carbocycles. The zero-order chi connectivity index (χ0) is 14.0. The summed E-state index contributed by atoms with van der Waals surface area (Å²) in [5.74, 6) is 1.82. The summed E-state index contributed by atoms with van der Waals surface area (Å²) in [4.78, 5) is 0. The van der Waals surface area contributed by atoms with Gasteiger partial charge in [-0.1, -0.05) is 11.6 Å². The van der Waals surface area contributed by atoms with Crippen molar-refractivity contribution in [1.82, 2.24) is 10.2 Å². The fourth-order valence-corrected chi connectivity index (χ4v) is 2.20. The summed E-state index contributed by atoms with van der Waals surface area (Å²) in [6, 6.07) is 1.69. The minimum absolute atomic E-state index is 0.354. The van der Waals surface area contributed by atoms with Gasteiger partial charge in [0.05, 0.1) is 38.1 Å². The van der Waals surface area contributed by atoms with E-state index >= 15 is 0 Å². The SMILES string of the molecule is COc1cc(OC)c(-c2cn[nH]c2N)c(Cl)c1OC. The fraction of sp³-hybridized carbons (Fsp3) is 0.250. The van der Waals surface area contributed by atoms with Crippen LogP contribution in [0.2, 0.25) is 5.02 Å². The van der Waals surface area contributed by atoms with Gasteiger partial charge in [0.25, 0.3) is 0 Å². The summed E-state index contributed by atoms with van der Waals surface area (Å²) in [5, 5.41) is 6.88. The molecule has 3 N–H and O–H groups in total. The zero-order valence-electron chi connectivity index (χ0n) is 10.8. The molecule has 0 spiro atoms. The largest absolute Gasteiger partial charge is 0.496 e. The Kier molecular flexibility index (Phi) is 3.71. The highest BCUT2D eigenvalue weighted by Gasteiger charge is 2.22. The molecule has 0 fully saturated rings. The van der Waals surface area contributed by atoms with Crippen LogP contribution < -0.4 is 19.9 Å².